The highest BCUT2D eigenvalue weighted by molar-refractivity contribution is 9.10. The van der Waals surface area contributed by atoms with Crippen molar-refractivity contribution in [3.05, 3.63) is 91.8 Å². The van der Waals surface area contributed by atoms with Crippen LogP contribution in [0, 0.1) is 17.8 Å². The number of carbonyl (C=O) groups excluding carboxylic acids is 3. The van der Waals surface area contributed by atoms with Crippen LogP contribution in [0.3, 0.4) is 0 Å². The predicted octanol–water partition coefficient (Wildman–Crippen LogP) is 3.09. The number of carbonyl (C=O) groups is 3. The van der Waals surface area contributed by atoms with Gasteiger partial charge in [0.2, 0.25) is 11.8 Å². The van der Waals surface area contributed by atoms with Gasteiger partial charge in [-0.25, -0.2) is 4.68 Å². The lowest BCUT2D eigenvalue weighted by Crippen LogP contribution is -2.49. The number of anilines is 1. The monoisotopic (exact) mass is 670 g/mol. The Morgan fingerprint density at radius 2 is 1.69 bits per heavy atom. The lowest BCUT2D eigenvalue weighted by atomic mass is 9.87. The number of rotatable bonds is 5. The molecule has 10 nitrogen and oxygen atoms in total. The van der Waals surface area contributed by atoms with Crippen LogP contribution in [0.4, 0.5) is 5.69 Å². The molecule has 2 N–H and O–H groups in total. The van der Waals surface area contributed by atoms with Crippen molar-refractivity contribution in [2.45, 2.75) is 37.1 Å². The topological polar surface area (TPSA) is 117 Å². The highest BCUT2D eigenvalue weighted by Gasteiger charge is 2.31. The van der Waals surface area contributed by atoms with Crippen LogP contribution in [0.1, 0.15) is 58.1 Å². The molecule has 0 bridgehead atoms. The Morgan fingerprint density at radius 3 is 2.40 bits per heavy atom. The van der Waals surface area contributed by atoms with Crippen molar-refractivity contribution < 1.29 is 14.4 Å². The molecule has 11 heteroatoms. The number of nitrogens with one attached hydrogen (secondary N) is 2. The minimum atomic E-state index is -0.305. The molecule has 3 aromatic rings. The average Bonchev–Trinajstić information content (AvgIpc) is 3.01. The number of piperidine rings is 2. The zero-order chi connectivity index (χ0) is 31.7. The van der Waals surface area contributed by atoms with Gasteiger partial charge in [0.25, 0.3) is 11.5 Å². The second-order valence-corrected chi connectivity index (χ2v) is 13.0. The fourth-order valence-corrected chi connectivity index (χ4v) is 6.78. The number of aromatic nitrogens is 2. The highest BCUT2D eigenvalue weighted by atomic mass is 79.9. The summed E-state index contributed by atoms with van der Waals surface area (Å²) in [7, 11) is 3.72. The van der Waals surface area contributed by atoms with E-state index in [-0.39, 0.29) is 47.1 Å². The molecule has 6 rings (SSSR count). The quantitative estimate of drug-likeness (QED) is 0.317. The van der Waals surface area contributed by atoms with Crippen LogP contribution in [0.15, 0.2) is 64.0 Å². The molecular weight excluding hydrogens is 636 g/mol. The minimum Gasteiger partial charge on any atom is -0.379 e. The molecule has 4 heterocycles. The summed E-state index contributed by atoms with van der Waals surface area (Å²) in [5, 5.41) is 10.0. The number of nitrogens with zero attached hydrogens (tertiary/aromatic N) is 4. The summed E-state index contributed by atoms with van der Waals surface area (Å²) in [4.78, 5) is 53.0. The van der Waals surface area contributed by atoms with Gasteiger partial charge in [-0.05, 0) is 77.1 Å². The molecule has 3 fully saturated rings. The first-order chi connectivity index (χ1) is 21.6. The molecule has 0 saturated carbocycles. The summed E-state index contributed by atoms with van der Waals surface area (Å²) in [6, 6.07) is 15.7. The zero-order valence-corrected chi connectivity index (χ0v) is 26.8. The van der Waals surface area contributed by atoms with Crippen molar-refractivity contribution in [2.24, 2.45) is 13.0 Å². The van der Waals surface area contributed by atoms with Gasteiger partial charge < -0.3 is 15.1 Å². The summed E-state index contributed by atoms with van der Waals surface area (Å²) in [5.74, 6) is 6.11. The normalized spacial score (nSPS) is 22.2. The average molecular weight is 672 g/mol. The summed E-state index contributed by atoms with van der Waals surface area (Å²) in [5.41, 5.74) is 4.10. The molecular formula is C34H35BrN6O4. The van der Waals surface area contributed by atoms with Crippen LogP contribution in [-0.4, -0.2) is 76.6 Å². The van der Waals surface area contributed by atoms with E-state index in [2.05, 4.69) is 67.6 Å². The largest absolute Gasteiger partial charge is 0.379 e. The van der Waals surface area contributed by atoms with Crippen LogP contribution in [0.2, 0.25) is 0 Å². The van der Waals surface area contributed by atoms with Gasteiger partial charge >= 0.3 is 0 Å². The van der Waals surface area contributed by atoms with Gasteiger partial charge in [-0.1, -0.05) is 36.1 Å². The molecule has 1 unspecified atom stereocenters. The number of hydrogen-bond acceptors (Lipinski definition) is 7. The Bertz CT molecular complexity index is 1740. The Morgan fingerprint density at radius 1 is 0.978 bits per heavy atom. The first-order valence-corrected chi connectivity index (χ1v) is 15.9. The second kappa shape index (κ2) is 13.0. The van der Waals surface area contributed by atoms with Crippen LogP contribution < -0.4 is 16.2 Å². The van der Waals surface area contributed by atoms with Gasteiger partial charge in [0, 0.05) is 56.8 Å². The lowest BCUT2D eigenvalue weighted by molar-refractivity contribution is -0.134. The Labute approximate surface area is 270 Å². The molecule has 45 heavy (non-hydrogen) atoms. The van der Waals surface area contributed by atoms with Crippen molar-refractivity contribution >= 4 is 39.3 Å². The van der Waals surface area contributed by atoms with E-state index in [1.54, 1.807) is 13.2 Å². The number of hydrogen-bond donors (Lipinski definition) is 2. The van der Waals surface area contributed by atoms with Crippen molar-refractivity contribution in [2.75, 3.05) is 38.5 Å². The van der Waals surface area contributed by atoms with Gasteiger partial charge in [0.05, 0.1) is 23.7 Å². The maximum atomic E-state index is 13.1. The third-order valence-electron chi connectivity index (χ3n) is 8.84. The van der Waals surface area contributed by atoms with Gasteiger partial charge in [0.1, 0.15) is 4.47 Å². The van der Waals surface area contributed by atoms with Crippen molar-refractivity contribution in [3.63, 3.8) is 0 Å². The number of imide groups is 1. The molecule has 2 aromatic carbocycles. The molecule has 0 spiro atoms. The summed E-state index contributed by atoms with van der Waals surface area (Å²) in [6.45, 7) is 2.94. The third-order valence-corrected chi connectivity index (χ3v) is 9.61. The van der Waals surface area contributed by atoms with Gasteiger partial charge in [-0.15, -0.1) is 0 Å². The first kappa shape index (κ1) is 30.7. The lowest BCUT2D eigenvalue weighted by Gasteiger charge is -2.37. The molecule has 1 aromatic heterocycles. The Balaban J connectivity index is 1.01. The van der Waals surface area contributed by atoms with Crippen molar-refractivity contribution in [1.29, 1.82) is 0 Å². The molecule has 3 aliphatic heterocycles. The smallest absolute Gasteiger partial charge is 0.282 e. The van der Waals surface area contributed by atoms with E-state index in [1.807, 2.05) is 41.3 Å². The highest BCUT2D eigenvalue weighted by Crippen LogP contribution is 2.30. The molecule has 3 amide bonds. The second-order valence-electron chi connectivity index (χ2n) is 12.2. The van der Waals surface area contributed by atoms with Crippen LogP contribution >= 0.6 is 15.9 Å². The van der Waals surface area contributed by atoms with Crippen LogP contribution in [0.25, 0.3) is 0 Å². The number of amides is 3. The molecule has 0 radical (unpaired) electrons. The Kier molecular flexibility index (Phi) is 8.88. The number of halogens is 1. The van der Waals surface area contributed by atoms with Gasteiger partial charge in [-0.2, -0.15) is 5.10 Å². The van der Waals surface area contributed by atoms with Crippen LogP contribution in [-0.2, 0) is 16.6 Å². The van der Waals surface area contributed by atoms with E-state index in [4.69, 9.17) is 0 Å². The fourth-order valence-electron chi connectivity index (χ4n) is 6.31. The van der Waals surface area contributed by atoms with Crippen LogP contribution in [0.5, 0.6) is 0 Å². The van der Waals surface area contributed by atoms with E-state index < -0.39 is 0 Å². The van der Waals surface area contributed by atoms with E-state index in [0.29, 0.717) is 41.7 Å². The molecule has 3 saturated heterocycles. The van der Waals surface area contributed by atoms with E-state index >= 15 is 0 Å². The maximum absolute atomic E-state index is 13.1. The standard InChI is InChI=1S/C34H35BrN6O4/c1-39-19-26(15-27(20-39)37-29-16-36-40(2)34(45)31(29)35)23-9-11-25(12-10-23)33(44)41-17-22(18-41)4-3-21-5-7-24(8-6-21)28-13-14-30(42)38-32(28)43/h5-12,16,22,26-28,37H,13-15,17-20H2,1-2H3,(H,38,42,43)/t26-,27+,28?/m1/s1. The Hall–Kier alpha value is -4.27. The number of benzene rings is 2. The summed E-state index contributed by atoms with van der Waals surface area (Å²) >= 11 is 3.41. The van der Waals surface area contributed by atoms with Crippen molar-refractivity contribution in [3.8, 4) is 11.8 Å². The van der Waals surface area contributed by atoms with Gasteiger partial charge in [0.15, 0.2) is 0 Å². The number of likely N-dealkylation sites (N-methyl/N-ethyl adjacent to an activating group) is 1. The maximum Gasteiger partial charge on any atom is 0.282 e. The third kappa shape index (κ3) is 6.87. The number of aryl methyl sites for hydroxylation is 1. The molecule has 232 valence electrons. The van der Waals surface area contributed by atoms with E-state index in [1.165, 1.54) is 10.2 Å². The van der Waals surface area contributed by atoms with E-state index in [0.717, 1.165) is 30.6 Å². The SMILES string of the molecule is CN1C[C@@H](Nc2cnn(C)c(=O)c2Br)C[C@@H](c2ccc(C(=O)N3CC(C#Cc4ccc(C5CCC(=O)NC5=O)cc4)C3)cc2)C1. The summed E-state index contributed by atoms with van der Waals surface area (Å²) < 4.78 is 1.78. The van der Waals surface area contributed by atoms with E-state index in [9.17, 15) is 19.2 Å². The molecule has 0 aliphatic carbocycles. The number of likely N-dealkylation sites (tertiary alicyclic amines) is 2. The first-order valence-electron chi connectivity index (χ1n) is 15.2. The van der Waals surface area contributed by atoms with Crippen molar-refractivity contribution in [1.82, 2.24) is 24.9 Å². The summed E-state index contributed by atoms with van der Waals surface area (Å²) in [6.07, 6.45) is 3.44. The van der Waals surface area contributed by atoms with Gasteiger partial charge in [-0.3, -0.25) is 24.5 Å². The predicted molar refractivity (Wildman–Crippen MR) is 174 cm³/mol. The molecule has 3 aliphatic rings. The minimum absolute atomic E-state index is 0.0107. The zero-order valence-electron chi connectivity index (χ0n) is 25.3. The molecule has 3 atom stereocenters. The fraction of sp³-hybridized carbons (Fsp3) is 0.382.